The van der Waals surface area contributed by atoms with Crippen LogP contribution in [0.1, 0.15) is 31.5 Å². The third kappa shape index (κ3) is 5.70. The van der Waals surface area contributed by atoms with Crippen LogP contribution >= 0.6 is 0 Å². The molecule has 0 saturated heterocycles. The molecule has 1 rings (SSSR count). The van der Waals surface area contributed by atoms with Crippen molar-refractivity contribution in [1.82, 2.24) is 15.6 Å². The Bertz CT molecular complexity index is 419. The van der Waals surface area contributed by atoms with Gasteiger partial charge in [0.25, 0.3) is 0 Å². The van der Waals surface area contributed by atoms with E-state index >= 15 is 0 Å². The van der Waals surface area contributed by atoms with Gasteiger partial charge in [-0.3, -0.25) is 4.98 Å². The Labute approximate surface area is 114 Å². The molecule has 19 heavy (non-hydrogen) atoms. The number of aliphatic hydroxyl groups is 1. The third-order valence-corrected chi connectivity index (χ3v) is 3.05. The minimum Gasteiger partial charge on any atom is -0.396 e. The number of hydrogen-bond donors (Lipinski definition) is 3. The van der Waals surface area contributed by atoms with Gasteiger partial charge in [0.1, 0.15) is 0 Å². The number of aliphatic hydroxyl groups excluding tert-OH is 1. The van der Waals surface area contributed by atoms with Gasteiger partial charge in [0.2, 0.25) is 0 Å². The van der Waals surface area contributed by atoms with Crippen molar-refractivity contribution in [1.29, 1.82) is 0 Å². The van der Waals surface area contributed by atoms with Crippen molar-refractivity contribution in [2.45, 2.75) is 33.7 Å². The van der Waals surface area contributed by atoms with E-state index in [1.165, 1.54) is 0 Å². The Balaban J connectivity index is 2.35. The average Bonchev–Trinajstić information content (AvgIpc) is 2.35. The van der Waals surface area contributed by atoms with Crippen LogP contribution in [-0.2, 0) is 6.54 Å². The molecule has 0 aliphatic heterocycles. The van der Waals surface area contributed by atoms with Crippen molar-refractivity contribution in [3.63, 3.8) is 0 Å². The van der Waals surface area contributed by atoms with Crippen LogP contribution in [0.25, 0.3) is 0 Å². The Kier molecular flexibility index (Phi) is 5.76. The normalized spacial score (nSPS) is 11.2. The number of aryl methyl sites for hydroxylation is 1. The summed E-state index contributed by atoms with van der Waals surface area (Å²) in [7, 11) is 0. The average molecular weight is 265 g/mol. The maximum Gasteiger partial charge on any atom is 0.315 e. The summed E-state index contributed by atoms with van der Waals surface area (Å²) in [5, 5.41) is 14.5. The molecule has 5 nitrogen and oxygen atoms in total. The van der Waals surface area contributed by atoms with Crippen molar-refractivity contribution >= 4 is 6.03 Å². The minimum atomic E-state index is -0.212. The molecule has 1 aromatic rings. The number of nitrogens with one attached hydrogen (secondary N) is 2. The summed E-state index contributed by atoms with van der Waals surface area (Å²) < 4.78 is 0. The van der Waals surface area contributed by atoms with E-state index in [-0.39, 0.29) is 18.1 Å². The lowest BCUT2D eigenvalue weighted by Crippen LogP contribution is -2.40. The first kappa shape index (κ1) is 15.4. The van der Waals surface area contributed by atoms with E-state index in [9.17, 15) is 4.79 Å². The van der Waals surface area contributed by atoms with E-state index in [1.54, 1.807) is 6.20 Å². The van der Waals surface area contributed by atoms with Crippen molar-refractivity contribution in [3.8, 4) is 0 Å². The lowest BCUT2D eigenvalue weighted by molar-refractivity contribution is 0.201. The quantitative estimate of drug-likeness (QED) is 0.731. The summed E-state index contributed by atoms with van der Waals surface area (Å²) in [5.41, 5.74) is 1.82. The van der Waals surface area contributed by atoms with Crippen molar-refractivity contribution < 1.29 is 9.90 Å². The van der Waals surface area contributed by atoms with Gasteiger partial charge in [0.15, 0.2) is 0 Å². The van der Waals surface area contributed by atoms with Crippen LogP contribution in [0.3, 0.4) is 0 Å². The zero-order valence-electron chi connectivity index (χ0n) is 11.9. The van der Waals surface area contributed by atoms with Gasteiger partial charge in [0.05, 0.1) is 12.2 Å². The topological polar surface area (TPSA) is 74.2 Å². The fourth-order valence-corrected chi connectivity index (χ4v) is 1.64. The monoisotopic (exact) mass is 265 g/mol. The molecular formula is C14H23N3O2. The molecule has 0 spiro atoms. The van der Waals surface area contributed by atoms with Crippen LogP contribution < -0.4 is 10.6 Å². The summed E-state index contributed by atoms with van der Waals surface area (Å²) in [6.45, 7) is 7.05. The van der Waals surface area contributed by atoms with E-state index in [4.69, 9.17) is 5.11 Å². The Morgan fingerprint density at radius 1 is 1.42 bits per heavy atom. The molecule has 0 fully saturated rings. The maximum atomic E-state index is 11.7. The fraction of sp³-hybridized carbons (Fsp3) is 0.571. The summed E-state index contributed by atoms with van der Waals surface area (Å²) in [6.07, 6.45) is 2.37. The van der Waals surface area contributed by atoms with Gasteiger partial charge < -0.3 is 15.7 Å². The first-order valence-electron chi connectivity index (χ1n) is 6.48. The van der Waals surface area contributed by atoms with Gasteiger partial charge in [0, 0.05) is 19.3 Å². The molecule has 1 heterocycles. The third-order valence-electron chi connectivity index (χ3n) is 3.05. The number of carbonyl (C=O) groups is 1. The number of urea groups is 1. The molecule has 106 valence electrons. The van der Waals surface area contributed by atoms with Gasteiger partial charge in [-0.25, -0.2) is 4.79 Å². The van der Waals surface area contributed by atoms with Gasteiger partial charge in [-0.1, -0.05) is 19.9 Å². The summed E-state index contributed by atoms with van der Waals surface area (Å²) in [4.78, 5) is 15.9. The molecule has 0 aliphatic carbocycles. The van der Waals surface area contributed by atoms with Crippen LogP contribution in [0.15, 0.2) is 18.3 Å². The molecule has 0 radical (unpaired) electrons. The highest BCUT2D eigenvalue weighted by Crippen LogP contribution is 2.17. The van der Waals surface area contributed by atoms with Gasteiger partial charge >= 0.3 is 6.03 Å². The predicted molar refractivity (Wildman–Crippen MR) is 74.7 cm³/mol. The number of nitrogens with zero attached hydrogens (tertiary/aromatic N) is 1. The van der Waals surface area contributed by atoms with E-state index in [0.29, 0.717) is 19.5 Å². The number of amides is 2. The number of hydrogen-bond acceptors (Lipinski definition) is 3. The highest BCUT2D eigenvalue weighted by atomic mass is 16.3. The molecule has 0 saturated carbocycles. The second-order valence-corrected chi connectivity index (χ2v) is 5.44. The Morgan fingerprint density at radius 3 is 2.79 bits per heavy atom. The SMILES string of the molecule is Cc1cccnc1CNC(=O)NCC(C)(C)CCO. The molecule has 0 bridgehead atoms. The highest BCUT2D eigenvalue weighted by Gasteiger charge is 2.17. The lowest BCUT2D eigenvalue weighted by atomic mass is 9.90. The Morgan fingerprint density at radius 2 is 2.16 bits per heavy atom. The van der Waals surface area contributed by atoms with Crippen LogP contribution in [0, 0.1) is 12.3 Å². The largest absolute Gasteiger partial charge is 0.396 e. The molecule has 2 amide bonds. The number of rotatable bonds is 6. The highest BCUT2D eigenvalue weighted by molar-refractivity contribution is 5.73. The number of pyridine rings is 1. The van der Waals surface area contributed by atoms with Crippen LogP contribution in [0.2, 0.25) is 0 Å². The maximum absolute atomic E-state index is 11.7. The zero-order chi connectivity index (χ0) is 14.3. The van der Waals surface area contributed by atoms with Gasteiger partial charge in [-0.05, 0) is 30.4 Å². The van der Waals surface area contributed by atoms with E-state index < -0.39 is 0 Å². The molecule has 0 atom stereocenters. The van der Waals surface area contributed by atoms with E-state index in [0.717, 1.165) is 11.3 Å². The van der Waals surface area contributed by atoms with Crippen molar-refractivity contribution in [3.05, 3.63) is 29.6 Å². The standard InChI is InChI=1S/C14H23N3O2/c1-11-5-4-7-15-12(11)9-16-13(19)17-10-14(2,3)6-8-18/h4-5,7,18H,6,8-10H2,1-3H3,(H2,16,17,19). The number of aromatic nitrogens is 1. The molecule has 0 aromatic carbocycles. The van der Waals surface area contributed by atoms with Gasteiger partial charge in [-0.2, -0.15) is 0 Å². The van der Waals surface area contributed by atoms with E-state index in [2.05, 4.69) is 15.6 Å². The van der Waals surface area contributed by atoms with E-state index in [1.807, 2.05) is 32.9 Å². The molecule has 0 aliphatic rings. The second-order valence-electron chi connectivity index (χ2n) is 5.44. The first-order valence-corrected chi connectivity index (χ1v) is 6.48. The zero-order valence-corrected chi connectivity index (χ0v) is 11.9. The fourth-order valence-electron chi connectivity index (χ4n) is 1.64. The van der Waals surface area contributed by atoms with Crippen LogP contribution in [0.5, 0.6) is 0 Å². The van der Waals surface area contributed by atoms with Crippen LogP contribution in [0.4, 0.5) is 4.79 Å². The smallest absolute Gasteiger partial charge is 0.315 e. The summed E-state index contributed by atoms with van der Waals surface area (Å²) in [5.74, 6) is 0. The molecule has 1 aromatic heterocycles. The van der Waals surface area contributed by atoms with Crippen molar-refractivity contribution in [2.24, 2.45) is 5.41 Å². The molecule has 3 N–H and O–H groups in total. The predicted octanol–water partition coefficient (Wildman–Crippen LogP) is 1.60. The summed E-state index contributed by atoms with van der Waals surface area (Å²) in [6, 6.07) is 3.62. The van der Waals surface area contributed by atoms with Crippen molar-refractivity contribution in [2.75, 3.05) is 13.2 Å². The first-order chi connectivity index (χ1) is 8.94. The summed E-state index contributed by atoms with van der Waals surface area (Å²) >= 11 is 0. The lowest BCUT2D eigenvalue weighted by Gasteiger charge is -2.23. The number of carbonyl (C=O) groups excluding carboxylic acids is 1. The molecule has 5 heteroatoms. The minimum absolute atomic E-state index is 0.104. The molecular weight excluding hydrogens is 242 g/mol. The second kappa shape index (κ2) is 7.09. The molecule has 0 unspecified atom stereocenters. The van der Waals surface area contributed by atoms with Gasteiger partial charge in [-0.15, -0.1) is 0 Å². The Hall–Kier alpha value is -1.62. The van der Waals surface area contributed by atoms with Crippen LogP contribution in [-0.4, -0.2) is 29.3 Å².